The Balaban J connectivity index is 3.05. The molecular formula is C12H13BrO5. The smallest absolute Gasteiger partial charge is 0.346 e. The molecule has 0 bridgehead atoms. The minimum atomic E-state index is -0.766. The quantitative estimate of drug-likeness (QED) is 0.615. The highest BCUT2D eigenvalue weighted by Crippen LogP contribution is 2.33. The molecule has 0 radical (unpaired) electrons. The zero-order valence-corrected chi connectivity index (χ0v) is 11.8. The lowest BCUT2D eigenvalue weighted by molar-refractivity contribution is -0.147. The molecule has 0 aliphatic carbocycles. The Hall–Kier alpha value is -1.56. The molecule has 0 saturated carbocycles. The number of aldehydes is 1. The zero-order valence-electron chi connectivity index (χ0n) is 10.2. The van der Waals surface area contributed by atoms with Crippen LogP contribution in [0.3, 0.4) is 0 Å². The van der Waals surface area contributed by atoms with Gasteiger partial charge in [-0.15, -0.1) is 0 Å². The molecular weight excluding hydrogens is 304 g/mol. The van der Waals surface area contributed by atoms with Gasteiger partial charge in [-0.05, 0) is 35.0 Å². The third kappa shape index (κ3) is 3.22. The van der Waals surface area contributed by atoms with Crippen LogP contribution in [-0.4, -0.2) is 32.6 Å². The first-order chi connectivity index (χ1) is 8.53. The van der Waals surface area contributed by atoms with Crippen LogP contribution in [0.5, 0.6) is 11.5 Å². The van der Waals surface area contributed by atoms with Crippen molar-refractivity contribution in [3.05, 3.63) is 22.2 Å². The Kier molecular flexibility index (Phi) is 5.15. The van der Waals surface area contributed by atoms with E-state index in [0.29, 0.717) is 27.8 Å². The number of carbonyl (C=O) groups excluding carboxylic acids is 2. The van der Waals surface area contributed by atoms with E-state index in [9.17, 15) is 9.59 Å². The Bertz CT molecular complexity index is 458. The number of hydrogen-bond acceptors (Lipinski definition) is 5. The van der Waals surface area contributed by atoms with Crippen LogP contribution in [0, 0.1) is 0 Å². The second-order valence-corrected chi connectivity index (χ2v) is 4.28. The summed E-state index contributed by atoms with van der Waals surface area (Å²) in [7, 11) is 2.73. The first-order valence-corrected chi connectivity index (χ1v) is 5.90. The monoisotopic (exact) mass is 316 g/mol. The molecule has 98 valence electrons. The Morgan fingerprint density at radius 1 is 1.33 bits per heavy atom. The summed E-state index contributed by atoms with van der Waals surface area (Å²) in [5.41, 5.74) is 0.435. The van der Waals surface area contributed by atoms with E-state index in [0.717, 1.165) is 0 Å². The van der Waals surface area contributed by atoms with E-state index in [2.05, 4.69) is 20.7 Å². The molecule has 0 spiro atoms. The summed E-state index contributed by atoms with van der Waals surface area (Å²) in [6.45, 7) is 1.56. The van der Waals surface area contributed by atoms with E-state index in [4.69, 9.17) is 9.47 Å². The van der Waals surface area contributed by atoms with Gasteiger partial charge >= 0.3 is 5.97 Å². The van der Waals surface area contributed by atoms with Gasteiger partial charge in [0.15, 0.2) is 23.9 Å². The summed E-state index contributed by atoms with van der Waals surface area (Å²) in [5.74, 6) is 0.233. The van der Waals surface area contributed by atoms with E-state index < -0.39 is 12.1 Å². The van der Waals surface area contributed by atoms with Crippen LogP contribution in [-0.2, 0) is 9.53 Å². The molecule has 0 unspecified atom stereocenters. The second kappa shape index (κ2) is 6.39. The maximum Gasteiger partial charge on any atom is 0.346 e. The van der Waals surface area contributed by atoms with E-state index in [-0.39, 0.29) is 0 Å². The predicted molar refractivity (Wildman–Crippen MR) is 68.2 cm³/mol. The van der Waals surface area contributed by atoms with Crippen LogP contribution in [0.25, 0.3) is 0 Å². The maximum absolute atomic E-state index is 11.3. The van der Waals surface area contributed by atoms with Gasteiger partial charge in [0.1, 0.15) is 0 Å². The van der Waals surface area contributed by atoms with E-state index in [1.807, 2.05) is 0 Å². The normalized spacial score (nSPS) is 11.6. The molecule has 6 heteroatoms. The molecule has 0 amide bonds. The van der Waals surface area contributed by atoms with Crippen molar-refractivity contribution in [2.45, 2.75) is 13.0 Å². The fraction of sp³-hybridized carbons (Fsp3) is 0.333. The Labute approximate surface area is 113 Å². The molecule has 1 aromatic carbocycles. The number of carbonyl (C=O) groups is 2. The summed E-state index contributed by atoms with van der Waals surface area (Å²) in [5, 5.41) is 0. The molecule has 0 aliphatic rings. The van der Waals surface area contributed by atoms with Crippen LogP contribution in [0.2, 0.25) is 0 Å². The van der Waals surface area contributed by atoms with Crippen LogP contribution in [0.4, 0.5) is 0 Å². The number of rotatable bonds is 5. The van der Waals surface area contributed by atoms with Crippen LogP contribution < -0.4 is 9.47 Å². The van der Waals surface area contributed by atoms with Crippen molar-refractivity contribution in [1.82, 2.24) is 0 Å². The molecule has 1 rings (SSSR count). The second-order valence-electron chi connectivity index (χ2n) is 3.43. The predicted octanol–water partition coefficient (Wildman–Crippen LogP) is 2.21. The van der Waals surface area contributed by atoms with Crippen LogP contribution in [0.1, 0.15) is 17.3 Å². The lowest BCUT2D eigenvalue weighted by Gasteiger charge is -2.16. The van der Waals surface area contributed by atoms with Gasteiger partial charge in [0.05, 0.1) is 14.2 Å². The van der Waals surface area contributed by atoms with Gasteiger partial charge in [-0.3, -0.25) is 4.79 Å². The molecule has 0 saturated heterocycles. The molecule has 1 aromatic rings. The maximum atomic E-state index is 11.3. The van der Waals surface area contributed by atoms with Crippen LogP contribution >= 0.6 is 15.9 Å². The van der Waals surface area contributed by atoms with Crippen LogP contribution in [0.15, 0.2) is 16.6 Å². The summed E-state index contributed by atoms with van der Waals surface area (Å²) < 4.78 is 15.6. The van der Waals surface area contributed by atoms with Crippen molar-refractivity contribution in [3.63, 3.8) is 0 Å². The van der Waals surface area contributed by atoms with Gasteiger partial charge in [0.2, 0.25) is 0 Å². The molecule has 1 atom stereocenters. The number of benzene rings is 1. The highest BCUT2D eigenvalue weighted by Gasteiger charge is 2.18. The summed E-state index contributed by atoms with van der Waals surface area (Å²) >= 11 is 3.23. The minimum absolute atomic E-state index is 0.355. The first kappa shape index (κ1) is 14.5. The molecule has 0 N–H and O–H groups in total. The zero-order chi connectivity index (χ0) is 13.7. The van der Waals surface area contributed by atoms with Gasteiger partial charge < -0.3 is 14.2 Å². The van der Waals surface area contributed by atoms with Crippen molar-refractivity contribution < 1.29 is 23.8 Å². The lowest BCUT2D eigenvalue weighted by Crippen LogP contribution is -2.25. The summed E-state index contributed by atoms with van der Waals surface area (Å²) in [6.07, 6.45) is -0.0713. The van der Waals surface area contributed by atoms with E-state index >= 15 is 0 Å². The Morgan fingerprint density at radius 2 is 2.00 bits per heavy atom. The van der Waals surface area contributed by atoms with Gasteiger partial charge in [-0.2, -0.15) is 0 Å². The lowest BCUT2D eigenvalue weighted by atomic mass is 10.2. The number of ether oxygens (including phenoxy) is 3. The third-order valence-electron chi connectivity index (χ3n) is 2.25. The van der Waals surface area contributed by atoms with E-state index in [1.54, 1.807) is 13.0 Å². The third-order valence-corrected chi connectivity index (χ3v) is 2.93. The highest BCUT2D eigenvalue weighted by atomic mass is 79.9. The van der Waals surface area contributed by atoms with Gasteiger partial charge in [-0.25, -0.2) is 4.79 Å². The molecule has 18 heavy (non-hydrogen) atoms. The Morgan fingerprint density at radius 3 is 2.50 bits per heavy atom. The SMILES string of the molecule is COC(=O)[C@@H](C)Oc1cc(Br)c(C=O)cc1OC. The summed E-state index contributed by atoms with van der Waals surface area (Å²) in [6, 6.07) is 3.10. The standard InChI is InChI=1S/C12H13BrO5/c1-7(12(15)17-3)18-11-5-9(13)8(6-14)4-10(11)16-2/h4-7H,1-3H3/t7-/m1/s1. The average Bonchev–Trinajstić information content (AvgIpc) is 2.38. The van der Waals surface area contributed by atoms with Crippen molar-refractivity contribution in [2.24, 2.45) is 0 Å². The van der Waals surface area contributed by atoms with Crippen molar-refractivity contribution in [1.29, 1.82) is 0 Å². The fourth-order valence-electron chi connectivity index (χ4n) is 1.30. The highest BCUT2D eigenvalue weighted by molar-refractivity contribution is 9.10. The molecule has 0 heterocycles. The molecule has 5 nitrogen and oxygen atoms in total. The van der Waals surface area contributed by atoms with Gasteiger partial charge in [0, 0.05) is 10.0 Å². The first-order valence-electron chi connectivity index (χ1n) is 5.10. The molecule has 0 aromatic heterocycles. The van der Waals surface area contributed by atoms with Gasteiger partial charge in [-0.1, -0.05) is 0 Å². The molecule has 0 fully saturated rings. The largest absolute Gasteiger partial charge is 0.493 e. The van der Waals surface area contributed by atoms with Crippen molar-refractivity contribution in [2.75, 3.05) is 14.2 Å². The summed E-state index contributed by atoms with van der Waals surface area (Å²) in [4.78, 5) is 22.1. The fourth-order valence-corrected chi connectivity index (χ4v) is 1.71. The van der Waals surface area contributed by atoms with Crippen molar-refractivity contribution in [3.8, 4) is 11.5 Å². The molecule has 0 aliphatic heterocycles. The number of hydrogen-bond donors (Lipinski definition) is 0. The number of esters is 1. The minimum Gasteiger partial charge on any atom is -0.493 e. The van der Waals surface area contributed by atoms with Crippen molar-refractivity contribution >= 4 is 28.2 Å². The topological polar surface area (TPSA) is 61.8 Å². The van der Waals surface area contributed by atoms with E-state index in [1.165, 1.54) is 20.3 Å². The average molecular weight is 317 g/mol. The number of methoxy groups -OCH3 is 2. The number of halogens is 1. The van der Waals surface area contributed by atoms with Gasteiger partial charge in [0.25, 0.3) is 0 Å².